The lowest BCUT2D eigenvalue weighted by Crippen LogP contribution is -2.10. The Morgan fingerprint density at radius 2 is 2.19 bits per heavy atom. The van der Waals surface area contributed by atoms with Gasteiger partial charge in [0, 0.05) is 18.3 Å². The van der Waals surface area contributed by atoms with Crippen LogP contribution in [0.3, 0.4) is 0 Å². The van der Waals surface area contributed by atoms with Crippen LogP contribution in [-0.4, -0.2) is 26.1 Å². The standard InChI is InChI=1S/C13H10ClN5O2/c1-19-12(16-17-18-19)8-3-2-4-9(7-8)15-13(20)10-5-6-11(14)21-10/h2-7H,1H3,(H,15,20). The number of rotatable bonds is 3. The fourth-order valence-electron chi connectivity index (χ4n) is 1.84. The number of anilines is 1. The first-order chi connectivity index (χ1) is 10.1. The first kappa shape index (κ1) is 13.3. The van der Waals surface area contributed by atoms with E-state index < -0.39 is 0 Å². The molecule has 0 aliphatic heterocycles. The molecule has 3 rings (SSSR count). The highest BCUT2D eigenvalue weighted by Gasteiger charge is 2.12. The molecule has 1 aromatic carbocycles. The number of carbonyl (C=O) groups excluding carboxylic acids is 1. The fraction of sp³-hybridized carbons (Fsp3) is 0.0769. The van der Waals surface area contributed by atoms with Crippen LogP contribution in [0.5, 0.6) is 0 Å². The van der Waals surface area contributed by atoms with E-state index in [2.05, 4.69) is 20.8 Å². The van der Waals surface area contributed by atoms with Gasteiger partial charge in [-0.2, -0.15) is 0 Å². The number of nitrogens with zero attached hydrogens (tertiary/aromatic N) is 4. The average molecular weight is 304 g/mol. The minimum absolute atomic E-state index is 0.144. The molecular formula is C13H10ClN5O2. The normalized spacial score (nSPS) is 10.6. The van der Waals surface area contributed by atoms with Crippen molar-refractivity contribution in [1.82, 2.24) is 20.2 Å². The maximum Gasteiger partial charge on any atom is 0.291 e. The second-order valence-corrected chi connectivity index (χ2v) is 4.64. The van der Waals surface area contributed by atoms with Gasteiger partial charge in [0.25, 0.3) is 5.91 Å². The summed E-state index contributed by atoms with van der Waals surface area (Å²) in [6.07, 6.45) is 0. The van der Waals surface area contributed by atoms with Crippen molar-refractivity contribution in [2.45, 2.75) is 0 Å². The highest BCUT2D eigenvalue weighted by Crippen LogP contribution is 2.21. The smallest absolute Gasteiger partial charge is 0.291 e. The van der Waals surface area contributed by atoms with E-state index in [-0.39, 0.29) is 16.9 Å². The van der Waals surface area contributed by atoms with Crippen LogP contribution in [-0.2, 0) is 7.05 Å². The predicted molar refractivity (Wildman–Crippen MR) is 75.9 cm³/mol. The summed E-state index contributed by atoms with van der Waals surface area (Å²) in [7, 11) is 1.74. The van der Waals surface area contributed by atoms with E-state index in [1.807, 2.05) is 6.07 Å². The zero-order valence-corrected chi connectivity index (χ0v) is 11.7. The van der Waals surface area contributed by atoms with Crippen molar-refractivity contribution in [2.24, 2.45) is 7.05 Å². The number of carbonyl (C=O) groups is 1. The fourth-order valence-corrected chi connectivity index (χ4v) is 1.99. The lowest BCUT2D eigenvalue weighted by Gasteiger charge is -2.05. The molecule has 0 atom stereocenters. The number of hydrogen-bond acceptors (Lipinski definition) is 5. The molecule has 0 unspecified atom stereocenters. The Kier molecular flexibility index (Phi) is 3.41. The molecule has 0 spiro atoms. The van der Waals surface area contributed by atoms with Crippen molar-refractivity contribution in [3.8, 4) is 11.4 Å². The van der Waals surface area contributed by atoms with Crippen LogP contribution in [0.2, 0.25) is 5.22 Å². The molecule has 2 aromatic heterocycles. The maximum atomic E-state index is 12.0. The van der Waals surface area contributed by atoms with Crippen LogP contribution in [0, 0.1) is 0 Å². The molecule has 7 nitrogen and oxygen atoms in total. The van der Waals surface area contributed by atoms with E-state index in [4.69, 9.17) is 16.0 Å². The number of aromatic nitrogens is 4. The van der Waals surface area contributed by atoms with E-state index in [1.165, 1.54) is 12.1 Å². The Labute approximate surface area is 124 Å². The SMILES string of the molecule is Cn1nnnc1-c1cccc(NC(=O)c2ccc(Cl)o2)c1. The second kappa shape index (κ2) is 5.37. The van der Waals surface area contributed by atoms with E-state index in [0.29, 0.717) is 11.5 Å². The van der Waals surface area contributed by atoms with E-state index in [0.717, 1.165) is 5.56 Å². The van der Waals surface area contributed by atoms with E-state index in [1.54, 1.807) is 29.9 Å². The van der Waals surface area contributed by atoms with Crippen LogP contribution in [0.4, 0.5) is 5.69 Å². The summed E-state index contributed by atoms with van der Waals surface area (Å²) in [6, 6.07) is 10.2. The lowest BCUT2D eigenvalue weighted by molar-refractivity contribution is 0.0997. The summed E-state index contributed by atoms with van der Waals surface area (Å²) < 4.78 is 6.60. The third-order valence-corrected chi connectivity index (χ3v) is 3.00. The third-order valence-electron chi connectivity index (χ3n) is 2.80. The largest absolute Gasteiger partial charge is 0.440 e. The van der Waals surface area contributed by atoms with Gasteiger partial charge in [-0.25, -0.2) is 4.68 Å². The average Bonchev–Trinajstić information content (AvgIpc) is 3.08. The predicted octanol–water partition coefficient (Wildman–Crippen LogP) is 2.38. The van der Waals surface area contributed by atoms with Gasteiger partial charge >= 0.3 is 0 Å². The van der Waals surface area contributed by atoms with Crippen molar-refractivity contribution in [1.29, 1.82) is 0 Å². The van der Waals surface area contributed by atoms with Crippen LogP contribution in [0.15, 0.2) is 40.8 Å². The van der Waals surface area contributed by atoms with Gasteiger partial charge in [0.05, 0.1) is 0 Å². The van der Waals surface area contributed by atoms with Gasteiger partial charge in [0.1, 0.15) is 0 Å². The van der Waals surface area contributed by atoms with Gasteiger partial charge in [0.15, 0.2) is 16.8 Å². The molecule has 0 aliphatic rings. The summed E-state index contributed by atoms with van der Waals surface area (Å²) in [5.74, 6) is 0.369. The van der Waals surface area contributed by atoms with Gasteiger partial charge in [-0.05, 0) is 46.3 Å². The number of aryl methyl sites for hydroxylation is 1. The van der Waals surface area contributed by atoms with Crippen LogP contribution < -0.4 is 5.32 Å². The zero-order chi connectivity index (χ0) is 14.8. The molecule has 106 valence electrons. The molecular weight excluding hydrogens is 294 g/mol. The molecule has 0 saturated heterocycles. The summed E-state index contributed by atoms with van der Waals surface area (Å²) >= 11 is 5.65. The first-order valence-corrected chi connectivity index (χ1v) is 6.41. The summed E-state index contributed by atoms with van der Waals surface area (Å²) in [5.41, 5.74) is 1.39. The Morgan fingerprint density at radius 3 is 2.86 bits per heavy atom. The van der Waals surface area contributed by atoms with Gasteiger partial charge in [0.2, 0.25) is 0 Å². The second-order valence-electron chi connectivity index (χ2n) is 4.26. The quantitative estimate of drug-likeness (QED) is 0.803. The van der Waals surface area contributed by atoms with Crippen molar-refractivity contribution < 1.29 is 9.21 Å². The Morgan fingerprint density at radius 1 is 1.33 bits per heavy atom. The van der Waals surface area contributed by atoms with Gasteiger partial charge < -0.3 is 9.73 Å². The zero-order valence-electron chi connectivity index (χ0n) is 10.9. The van der Waals surface area contributed by atoms with E-state index >= 15 is 0 Å². The van der Waals surface area contributed by atoms with Gasteiger partial charge in [-0.3, -0.25) is 4.79 Å². The highest BCUT2D eigenvalue weighted by molar-refractivity contribution is 6.29. The van der Waals surface area contributed by atoms with E-state index in [9.17, 15) is 4.79 Å². The molecule has 3 aromatic rings. The van der Waals surface area contributed by atoms with Gasteiger partial charge in [-0.1, -0.05) is 12.1 Å². The minimum atomic E-state index is -0.379. The number of furan rings is 1. The molecule has 0 bridgehead atoms. The molecule has 0 aliphatic carbocycles. The van der Waals surface area contributed by atoms with Crippen molar-refractivity contribution in [3.63, 3.8) is 0 Å². The number of nitrogens with one attached hydrogen (secondary N) is 1. The lowest BCUT2D eigenvalue weighted by atomic mass is 10.2. The van der Waals surface area contributed by atoms with Crippen LogP contribution in [0.25, 0.3) is 11.4 Å². The molecule has 1 N–H and O–H groups in total. The summed E-state index contributed by atoms with van der Waals surface area (Å²) in [4.78, 5) is 12.0. The molecule has 0 fully saturated rings. The van der Waals surface area contributed by atoms with Crippen molar-refractivity contribution in [3.05, 3.63) is 47.4 Å². The molecule has 8 heteroatoms. The topological polar surface area (TPSA) is 85.8 Å². The third kappa shape index (κ3) is 2.77. The number of tetrazole rings is 1. The van der Waals surface area contributed by atoms with Crippen LogP contribution in [0.1, 0.15) is 10.6 Å². The molecule has 0 saturated carbocycles. The summed E-state index contributed by atoms with van der Waals surface area (Å²) in [5, 5.41) is 14.2. The Balaban J connectivity index is 1.84. The number of hydrogen-bond donors (Lipinski definition) is 1. The molecule has 0 radical (unpaired) electrons. The highest BCUT2D eigenvalue weighted by atomic mass is 35.5. The van der Waals surface area contributed by atoms with Gasteiger partial charge in [-0.15, -0.1) is 5.10 Å². The maximum absolute atomic E-state index is 12.0. The molecule has 21 heavy (non-hydrogen) atoms. The Hall–Kier alpha value is -2.67. The molecule has 2 heterocycles. The summed E-state index contributed by atoms with van der Waals surface area (Å²) in [6.45, 7) is 0. The number of benzene rings is 1. The number of halogens is 1. The Bertz CT molecular complexity index is 795. The van der Waals surface area contributed by atoms with Crippen LogP contribution >= 0.6 is 11.6 Å². The van der Waals surface area contributed by atoms with Crippen molar-refractivity contribution >= 4 is 23.2 Å². The molecule has 1 amide bonds. The minimum Gasteiger partial charge on any atom is -0.440 e. The van der Waals surface area contributed by atoms with Crippen molar-refractivity contribution in [2.75, 3.05) is 5.32 Å². The monoisotopic (exact) mass is 303 g/mol. The number of amides is 1. The first-order valence-electron chi connectivity index (χ1n) is 6.03.